The molecule has 0 fully saturated rings. The van der Waals surface area contributed by atoms with Crippen LogP contribution in [0.2, 0.25) is 10.0 Å². The smallest absolute Gasteiger partial charge is 0.266 e. The Bertz CT molecular complexity index is 1390. The molecule has 0 spiro atoms. The maximum atomic E-state index is 12.6. The van der Waals surface area contributed by atoms with Crippen molar-refractivity contribution in [3.8, 4) is 11.8 Å². The van der Waals surface area contributed by atoms with E-state index < -0.39 is 15.9 Å². The Morgan fingerprint density at radius 3 is 2.31 bits per heavy atom. The van der Waals surface area contributed by atoms with Crippen molar-refractivity contribution in [2.24, 2.45) is 5.14 Å². The van der Waals surface area contributed by atoms with E-state index in [2.05, 4.69) is 5.32 Å². The molecule has 1 heterocycles. The van der Waals surface area contributed by atoms with Gasteiger partial charge in [-0.3, -0.25) is 4.79 Å². The Balaban J connectivity index is 1.93. The molecule has 0 saturated carbocycles. The number of nitriles is 1. The molecule has 0 aliphatic rings. The molecule has 1 aromatic heterocycles. The first-order valence-electron chi connectivity index (χ1n) is 9.21. The van der Waals surface area contributed by atoms with Gasteiger partial charge in [-0.25, -0.2) is 13.6 Å². The van der Waals surface area contributed by atoms with Gasteiger partial charge in [0.15, 0.2) is 0 Å². The van der Waals surface area contributed by atoms with Crippen LogP contribution in [0.25, 0.3) is 11.8 Å². The lowest BCUT2D eigenvalue weighted by Gasteiger charge is -2.10. The van der Waals surface area contributed by atoms with Crippen molar-refractivity contribution in [1.82, 2.24) is 4.57 Å². The van der Waals surface area contributed by atoms with Gasteiger partial charge >= 0.3 is 0 Å². The summed E-state index contributed by atoms with van der Waals surface area (Å²) in [5.74, 6) is -0.590. The minimum absolute atomic E-state index is 0.00886. The van der Waals surface area contributed by atoms with Gasteiger partial charge in [0.25, 0.3) is 5.91 Å². The van der Waals surface area contributed by atoms with Gasteiger partial charge in [-0.15, -0.1) is 0 Å². The summed E-state index contributed by atoms with van der Waals surface area (Å²) >= 11 is 11.9. The topological polar surface area (TPSA) is 118 Å². The average molecular weight is 489 g/mol. The molecule has 7 nitrogen and oxygen atoms in total. The lowest BCUT2D eigenvalue weighted by atomic mass is 10.1. The van der Waals surface area contributed by atoms with Crippen LogP contribution in [0.5, 0.6) is 0 Å². The fourth-order valence-corrected chi connectivity index (χ4v) is 4.01. The second kappa shape index (κ2) is 9.18. The fraction of sp³-hybridized carbons (Fsp3) is 0.0909. The van der Waals surface area contributed by atoms with Crippen LogP contribution < -0.4 is 10.5 Å². The van der Waals surface area contributed by atoms with Crippen LogP contribution in [-0.4, -0.2) is 18.9 Å². The van der Waals surface area contributed by atoms with Crippen LogP contribution in [0.1, 0.15) is 17.0 Å². The lowest BCUT2D eigenvalue weighted by molar-refractivity contribution is -0.112. The number of nitrogens with two attached hydrogens (primary N) is 1. The van der Waals surface area contributed by atoms with Gasteiger partial charge in [0, 0.05) is 22.8 Å². The highest BCUT2D eigenvalue weighted by Crippen LogP contribution is 2.26. The number of nitrogens with zero attached hydrogens (tertiary/aromatic N) is 2. The number of primary sulfonamides is 1. The lowest BCUT2D eigenvalue weighted by Crippen LogP contribution is -2.13. The van der Waals surface area contributed by atoms with Crippen LogP contribution in [0.4, 0.5) is 5.69 Å². The molecule has 0 unspecified atom stereocenters. The van der Waals surface area contributed by atoms with Crippen molar-refractivity contribution in [1.29, 1.82) is 5.26 Å². The van der Waals surface area contributed by atoms with E-state index >= 15 is 0 Å². The number of hydrogen-bond acceptors (Lipinski definition) is 4. The van der Waals surface area contributed by atoms with Crippen molar-refractivity contribution in [3.63, 3.8) is 0 Å². The van der Waals surface area contributed by atoms with Gasteiger partial charge in [-0.2, -0.15) is 5.26 Å². The zero-order chi connectivity index (χ0) is 23.6. The number of carbonyl (C=O) groups excluding carboxylic acids is 1. The molecule has 2 aromatic carbocycles. The first-order valence-corrected chi connectivity index (χ1v) is 11.5. The monoisotopic (exact) mass is 488 g/mol. The molecule has 0 atom stereocenters. The van der Waals surface area contributed by atoms with E-state index in [1.54, 1.807) is 24.3 Å². The number of halogens is 2. The quantitative estimate of drug-likeness (QED) is 0.402. The van der Waals surface area contributed by atoms with E-state index in [4.69, 9.17) is 28.3 Å². The largest absolute Gasteiger partial charge is 0.321 e. The number of rotatable bonds is 5. The van der Waals surface area contributed by atoms with Crippen LogP contribution in [0.15, 0.2) is 59.0 Å². The molecule has 3 rings (SSSR count). The summed E-state index contributed by atoms with van der Waals surface area (Å²) in [7, 11) is -3.79. The van der Waals surface area contributed by atoms with Crippen molar-refractivity contribution in [2.45, 2.75) is 18.7 Å². The van der Waals surface area contributed by atoms with E-state index in [0.717, 1.165) is 11.4 Å². The first kappa shape index (κ1) is 23.6. The number of aryl methyl sites for hydroxylation is 1. The summed E-state index contributed by atoms with van der Waals surface area (Å²) in [6, 6.07) is 14.5. The molecule has 164 valence electrons. The van der Waals surface area contributed by atoms with Gasteiger partial charge in [-0.05, 0) is 74.0 Å². The summed E-state index contributed by atoms with van der Waals surface area (Å²) in [5.41, 5.74) is 3.29. The maximum absolute atomic E-state index is 12.6. The first-order chi connectivity index (χ1) is 15.0. The predicted molar refractivity (Wildman–Crippen MR) is 125 cm³/mol. The third-order valence-electron chi connectivity index (χ3n) is 4.74. The number of aromatic nitrogens is 1. The van der Waals surface area contributed by atoms with Crippen molar-refractivity contribution >= 4 is 50.9 Å². The molecule has 1 amide bonds. The molecule has 10 heteroatoms. The number of anilines is 1. The molecule has 0 saturated heterocycles. The van der Waals surface area contributed by atoms with Crippen LogP contribution in [0.3, 0.4) is 0 Å². The van der Waals surface area contributed by atoms with Crippen LogP contribution in [0, 0.1) is 25.2 Å². The zero-order valence-electron chi connectivity index (χ0n) is 17.1. The third-order valence-corrected chi connectivity index (χ3v) is 6.40. The van der Waals surface area contributed by atoms with Gasteiger partial charge in [0.05, 0.1) is 14.9 Å². The Hall–Kier alpha value is -3.09. The highest BCUT2D eigenvalue weighted by molar-refractivity contribution is 7.89. The van der Waals surface area contributed by atoms with E-state index in [1.165, 1.54) is 24.3 Å². The number of sulfonamides is 1. The molecule has 32 heavy (non-hydrogen) atoms. The molecule has 0 aliphatic carbocycles. The summed E-state index contributed by atoms with van der Waals surface area (Å²) < 4.78 is 24.8. The molecule has 0 bridgehead atoms. The number of amides is 1. The van der Waals surface area contributed by atoms with E-state index in [0.29, 0.717) is 22.0 Å². The fourth-order valence-electron chi connectivity index (χ4n) is 3.19. The van der Waals surface area contributed by atoms with Gasteiger partial charge in [-0.1, -0.05) is 23.2 Å². The van der Waals surface area contributed by atoms with Crippen molar-refractivity contribution in [3.05, 3.63) is 81.1 Å². The predicted octanol–water partition coefficient (Wildman–Crippen LogP) is 4.59. The molecular weight excluding hydrogens is 471 g/mol. The number of benzene rings is 2. The molecule has 3 aromatic rings. The summed E-state index contributed by atoms with van der Waals surface area (Å²) in [6.45, 7) is 3.69. The number of carbonyl (C=O) groups is 1. The Kier molecular flexibility index (Phi) is 6.77. The van der Waals surface area contributed by atoms with Crippen molar-refractivity contribution in [2.75, 3.05) is 5.32 Å². The normalized spacial score (nSPS) is 11.8. The van der Waals surface area contributed by atoms with Gasteiger partial charge < -0.3 is 9.88 Å². The summed E-state index contributed by atoms with van der Waals surface area (Å²) in [5, 5.41) is 17.9. The molecule has 0 radical (unpaired) electrons. The Morgan fingerprint density at radius 1 is 1.09 bits per heavy atom. The third kappa shape index (κ3) is 5.03. The zero-order valence-corrected chi connectivity index (χ0v) is 19.4. The van der Waals surface area contributed by atoms with Crippen LogP contribution >= 0.6 is 23.2 Å². The summed E-state index contributed by atoms with van der Waals surface area (Å²) in [6.07, 6.45) is 1.49. The second-order valence-corrected chi connectivity index (χ2v) is 9.33. The molecule has 0 aliphatic heterocycles. The van der Waals surface area contributed by atoms with Gasteiger partial charge in [0.1, 0.15) is 11.6 Å². The molecular formula is C22H18Cl2N4O3S. The highest BCUT2D eigenvalue weighted by atomic mass is 35.5. The van der Waals surface area contributed by atoms with E-state index in [-0.39, 0.29) is 15.5 Å². The van der Waals surface area contributed by atoms with Gasteiger partial charge in [0.2, 0.25) is 10.0 Å². The summed E-state index contributed by atoms with van der Waals surface area (Å²) in [4.78, 5) is 12.6. The Labute approximate surface area is 195 Å². The van der Waals surface area contributed by atoms with Crippen LogP contribution in [-0.2, 0) is 14.8 Å². The van der Waals surface area contributed by atoms with Crippen molar-refractivity contribution < 1.29 is 13.2 Å². The Morgan fingerprint density at radius 2 is 1.75 bits per heavy atom. The second-order valence-electron chi connectivity index (χ2n) is 6.95. The molecule has 3 N–H and O–H groups in total. The minimum atomic E-state index is -3.79. The highest BCUT2D eigenvalue weighted by Gasteiger charge is 2.15. The average Bonchev–Trinajstić information content (AvgIpc) is 3.01. The standard InChI is InChI=1S/C22H18Cl2N4O3S/c1-13-9-15(14(2)28(13)18-4-6-19(7-5-18)32(26,30)31)10-16(12-25)22(29)27-17-3-8-20(23)21(24)11-17/h3-11H,1-2H3,(H,27,29)(H2,26,30,31)/b16-10-. The number of hydrogen-bond donors (Lipinski definition) is 2. The van der Waals surface area contributed by atoms with E-state index in [1.807, 2.05) is 30.6 Å². The number of nitrogens with one attached hydrogen (secondary N) is 1. The maximum Gasteiger partial charge on any atom is 0.266 e. The van der Waals surface area contributed by atoms with E-state index in [9.17, 15) is 18.5 Å². The minimum Gasteiger partial charge on any atom is -0.321 e. The SMILES string of the molecule is Cc1cc(/C=C(/C#N)C(=O)Nc2ccc(Cl)c(Cl)c2)c(C)n1-c1ccc(S(N)(=O)=O)cc1.